The highest BCUT2D eigenvalue weighted by Crippen LogP contribution is 2.37. The molecule has 0 bridgehead atoms. The topological polar surface area (TPSA) is 47.6 Å². The van der Waals surface area contributed by atoms with Gasteiger partial charge in [0.1, 0.15) is 23.3 Å². The predicted molar refractivity (Wildman–Crippen MR) is 91.2 cm³/mol. The van der Waals surface area contributed by atoms with E-state index >= 15 is 0 Å². The van der Waals surface area contributed by atoms with Gasteiger partial charge in [-0.25, -0.2) is 9.18 Å². The van der Waals surface area contributed by atoms with Gasteiger partial charge in [-0.15, -0.1) is 0 Å². The number of benzene rings is 1. The van der Waals surface area contributed by atoms with E-state index in [0.29, 0.717) is 17.7 Å². The Morgan fingerprint density at radius 1 is 1.55 bits per heavy atom. The number of rotatable bonds is 3. The second kappa shape index (κ2) is 6.60. The number of hydrogen-bond donors (Lipinski definition) is 1. The summed E-state index contributed by atoms with van der Waals surface area (Å²) in [6.45, 7) is 7.18. The van der Waals surface area contributed by atoms with Gasteiger partial charge < -0.3 is 14.8 Å². The zero-order valence-corrected chi connectivity index (χ0v) is 15.4. The normalized spacial score (nSPS) is 18.4. The molecule has 0 aliphatic carbocycles. The van der Waals surface area contributed by atoms with Gasteiger partial charge in [0.15, 0.2) is 0 Å². The number of carbonyl (C=O) groups is 1. The van der Waals surface area contributed by atoms with Crippen molar-refractivity contribution in [1.82, 2.24) is 5.32 Å². The summed E-state index contributed by atoms with van der Waals surface area (Å²) in [5.41, 5.74) is 0.930. The lowest BCUT2D eigenvalue weighted by atomic mass is 10.0. The summed E-state index contributed by atoms with van der Waals surface area (Å²) in [6.07, 6.45) is 0.230. The molecular weight excluding hydrogens is 400 g/mol. The molecule has 2 atom stereocenters. The summed E-state index contributed by atoms with van der Waals surface area (Å²) >= 11 is 2.25. The van der Waals surface area contributed by atoms with E-state index < -0.39 is 17.7 Å². The molecule has 4 nitrogen and oxygen atoms in total. The Morgan fingerprint density at radius 3 is 2.82 bits per heavy atom. The van der Waals surface area contributed by atoms with Crippen LogP contribution in [0.15, 0.2) is 12.1 Å². The van der Waals surface area contributed by atoms with Crippen molar-refractivity contribution in [2.24, 2.45) is 0 Å². The fourth-order valence-electron chi connectivity index (χ4n) is 2.39. The maximum absolute atomic E-state index is 13.8. The molecule has 0 radical (unpaired) electrons. The van der Waals surface area contributed by atoms with Gasteiger partial charge in [-0.3, -0.25) is 0 Å². The van der Waals surface area contributed by atoms with Gasteiger partial charge in [-0.2, -0.15) is 0 Å². The molecule has 122 valence electrons. The highest BCUT2D eigenvalue weighted by atomic mass is 127. The molecule has 1 N–H and O–H groups in total. The van der Waals surface area contributed by atoms with Crippen LogP contribution in [-0.4, -0.2) is 22.2 Å². The van der Waals surface area contributed by atoms with Crippen molar-refractivity contribution in [3.05, 3.63) is 29.1 Å². The Kier molecular flexibility index (Phi) is 5.19. The van der Waals surface area contributed by atoms with E-state index in [9.17, 15) is 9.18 Å². The van der Waals surface area contributed by atoms with Gasteiger partial charge in [0.25, 0.3) is 0 Å². The second-order valence-electron chi connectivity index (χ2n) is 6.45. The fourth-order valence-corrected chi connectivity index (χ4v) is 2.88. The molecule has 0 saturated heterocycles. The predicted octanol–water partition coefficient (Wildman–Crippen LogP) is 4.15. The zero-order chi connectivity index (χ0) is 16.5. The van der Waals surface area contributed by atoms with Crippen LogP contribution < -0.4 is 10.1 Å². The number of alkyl carbamates (subject to hydrolysis) is 1. The minimum Gasteiger partial charge on any atom is -0.489 e. The van der Waals surface area contributed by atoms with Crippen molar-refractivity contribution in [3.8, 4) is 5.75 Å². The maximum atomic E-state index is 13.8. The average Bonchev–Trinajstić information content (AvgIpc) is 2.77. The van der Waals surface area contributed by atoms with Gasteiger partial charge in [-0.05, 0) is 39.8 Å². The summed E-state index contributed by atoms with van der Waals surface area (Å²) in [4.78, 5) is 11.9. The lowest BCUT2D eigenvalue weighted by molar-refractivity contribution is 0.0507. The largest absolute Gasteiger partial charge is 0.489 e. The standard InChI is InChI=1S/C16H21FINO3/c1-9(19-15(20)22-16(2,3)4)13-7-11(17)5-10-6-12(8-18)21-14(10)13/h5,7,9,12H,6,8H2,1-4H3,(H,19,20)/t9-,12?/m1/s1. The molecule has 1 amide bonds. The molecule has 0 aromatic heterocycles. The van der Waals surface area contributed by atoms with Crippen molar-refractivity contribution in [2.75, 3.05) is 4.43 Å². The highest BCUT2D eigenvalue weighted by Gasteiger charge is 2.28. The second-order valence-corrected chi connectivity index (χ2v) is 7.33. The van der Waals surface area contributed by atoms with Crippen LogP contribution in [0, 0.1) is 5.82 Å². The minimum absolute atomic E-state index is 0.0601. The van der Waals surface area contributed by atoms with E-state index in [1.165, 1.54) is 12.1 Å². The summed E-state index contributed by atoms with van der Waals surface area (Å²) in [5, 5.41) is 2.73. The molecule has 1 heterocycles. The minimum atomic E-state index is -0.573. The van der Waals surface area contributed by atoms with Crippen molar-refractivity contribution >= 4 is 28.7 Å². The summed E-state index contributed by atoms with van der Waals surface area (Å²) < 4.78 is 25.8. The molecule has 1 unspecified atom stereocenters. The van der Waals surface area contributed by atoms with Gasteiger partial charge in [0.05, 0.1) is 6.04 Å². The summed E-state index contributed by atoms with van der Waals surface area (Å²) in [6, 6.07) is 2.52. The molecule has 1 aliphatic heterocycles. The van der Waals surface area contributed by atoms with Gasteiger partial charge in [0.2, 0.25) is 0 Å². The van der Waals surface area contributed by atoms with E-state index in [0.717, 1.165) is 9.99 Å². The Hall–Kier alpha value is -1.05. The molecule has 1 aliphatic rings. The number of fused-ring (bicyclic) bond motifs is 1. The van der Waals surface area contributed by atoms with Crippen LogP contribution in [0.2, 0.25) is 0 Å². The lowest BCUT2D eigenvalue weighted by Crippen LogP contribution is -2.34. The lowest BCUT2D eigenvalue weighted by Gasteiger charge is -2.23. The smallest absolute Gasteiger partial charge is 0.408 e. The van der Waals surface area contributed by atoms with Gasteiger partial charge in [0, 0.05) is 22.0 Å². The number of halogens is 2. The SMILES string of the molecule is C[C@@H](NC(=O)OC(C)(C)C)c1cc(F)cc2c1OC(CI)C2. The third-order valence-corrected chi connectivity index (χ3v) is 4.25. The third-order valence-electron chi connectivity index (χ3n) is 3.26. The molecule has 22 heavy (non-hydrogen) atoms. The zero-order valence-electron chi connectivity index (χ0n) is 13.2. The first-order valence-corrected chi connectivity index (χ1v) is 8.76. The fraction of sp³-hybridized carbons (Fsp3) is 0.562. The molecule has 1 aromatic carbocycles. The molecule has 1 aromatic rings. The van der Waals surface area contributed by atoms with Crippen LogP contribution in [0.1, 0.15) is 44.9 Å². The van der Waals surface area contributed by atoms with Crippen LogP contribution in [-0.2, 0) is 11.2 Å². The Bertz CT molecular complexity index is 571. The quantitative estimate of drug-likeness (QED) is 0.590. The Labute approximate surface area is 143 Å². The van der Waals surface area contributed by atoms with Crippen molar-refractivity contribution in [3.63, 3.8) is 0 Å². The van der Waals surface area contributed by atoms with E-state index in [1.54, 1.807) is 27.7 Å². The summed E-state index contributed by atoms with van der Waals surface area (Å²) in [5.74, 6) is 0.371. The Morgan fingerprint density at radius 2 is 2.23 bits per heavy atom. The molecular formula is C16H21FINO3. The molecule has 6 heteroatoms. The first kappa shape index (κ1) is 17.3. The third kappa shape index (κ3) is 4.24. The molecule has 0 spiro atoms. The number of alkyl halides is 1. The van der Waals surface area contributed by atoms with Crippen LogP contribution in [0.5, 0.6) is 5.75 Å². The van der Waals surface area contributed by atoms with E-state index in [2.05, 4.69) is 27.9 Å². The number of ether oxygens (including phenoxy) is 2. The number of hydrogen-bond acceptors (Lipinski definition) is 3. The summed E-state index contributed by atoms with van der Waals surface area (Å²) in [7, 11) is 0. The maximum Gasteiger partial charge on any atom is 0.408 e. The van der Waals surface area contributed by atoms with Crippen LogP contribution >= 0.6 is 22.6 Å². The van der Waals surface area contributed by atoms with Crippen molar-refractivity contribution in [1.29, 1.82) is 0 Å². The molecule has 0 fully saturated rings. The number of carbonyl (C=O) groups excluding carboxylic acids is 1. The first-order chi connectivity index (χ1) is 10.2. The van der Waals surface area contributed by atoms with Gasteiger partial charge in [-0.1, -0.05) is 22.6 Å². The number of nitrogens with one attached hydrogen (secondary N) is 1. The van der Waals surface area contributed by atoms with Crippen LogP contribution in [0.3, 0.4) is 0 Å². The molecule has 0 saturated carbocycles. The van der Waals surface area contributed by atoms with Crippen molar-refractivity contribution < 1.29 is 18.7 Å². The van der Waals surface area contributed by atoms with Crippen LogP contribution in [0.25, 0.3) is 0 Å². The van der Waals surface area contributed by atoms with Crippen molar-refractivity contribution in [2.45, 2.75) is 51.9 Å². The first-order valence-electron chi connectivity index (χ1n) is 7.24. The van der Waals surface area contributed by atoms with Crippen LogP contribution in [0.4, 0.5) is 9.18 Å². The molecule has 2 rings (SSSR count). The number of amides is 1. The van der Waals surface area contributed by atoms with E-state index in [-0.39, 0.29) is 11.9 Å². The van der Waals surface area contributed by atoms with Gasteiger partial charge >= 0.3 is 6.09 Å². The average molecular weight is 421 g/mol. The Balaban J connectivity index is 2.17. The van der Waals surface area contributed by atoms with E-state index in [4.69, 9.17) is 9.47 Å². The highest BCUT2D eigenvalue weighted by molar-refractivity contribution is 14.1. The van der Waals surface area contributed by atoms with E-state index in [1.807, 2.05) is 0 Å². The monoisotopic (exact) mass is 421 g/mol.